The molecule has 0 saturated carbocycles. The van der Waals surface area contributed by atoms with Gasteiger partial charge in [-0.15, -0.1) is 0 Å². The molecular weight excluding hydrogens is 370 g/mol. The minimum absolute atomic E-state index is 0.143. The fraction of sp³-hybridized carbons (Fsp3) is 0.231. The molecule has 0 spiro atoms. The van der Waals surface area contributed by atoms with E-state index in [0.717, 1.165) is 23.2 Å². The third-order valence-corrected chi connectivity index (χ3v) is 5.60. The topological polar surface area (TPSA) is 56.1 Å². The maximum atomic E-state index is 12.5. The number of amides is 1. The van der Waals surface area contributed by atoms with Crippen LogP contribution in [0.15, 0.2) is 72.8 Å². The van der Waals surface area contributed by atoms with Crippen molar-refractivity contribution in [1.82, 2.24) is 10.2 Å². The number of rotatable bonds is 6. The molecule has 1 aliphatic rings. The van der Waals surface area contributed by atoms with Crippen LogP contribution in [0.3, 0.4) is 0 Å². The van der Waals surface area contributed by atoms with Gasteiger partial charge in [0.15, 0.2) is 0 Å². The lowest BCUT2D eigenvalue weighted by atomic mass is 9.98. The first kappa shape index (κ1) is 19.9. The summed E-state index contributed by atoms with van der Waals surface area (Å²) >= 11 is 0. The van der Waals surface area contributed by atoms with Crippen LogP contribution in [0.25, 0.3) is 11.1 Å². The molecular formula is C26H25N3O. The highest BCUT2D eigenvalue weighted by atomic mass is 16.1. The molecule has 30 heavy (non-hydrogen) atoms. The Morgan fingerprint density at radius 2 is 1.63 bits per heavy atom. The number of carbonyl (C=O) groups excluding carboxylic acids is 1. The molecule has 1 aliphatic heterocycles. The Hall–Kier alpha value is -3.42. The van der Waals surface area contributed by atoms with E-state index in [2.05, 4.69) is 46.6 Å². The Morgan fingerprint density at radius 3 is 2.33 bits per heavy atom. The summed E-state index contributed by atoms with van der Waals surface area (Å²) in [6.45, 7) is 3.86. The second-order valence-electron chi connectivity index (χ2n) is 7.71. The number of nitrogens with one attached hydrogen (secondary N) is 1. The minimum Gasteiger partial charge on any atom is -0.348 e. The summed E-state index contributed by atoms with van der Waals surface area (Å²) in [6.07, 6.45) is 2.61. The summed E-state index contributed by atoms with van der Waals surface area (Å²) in [6, 6.07) is 25.7. The number of hydrogen-bond acceptors (Lipinski definition) is 3. The Balaban J connectivity index is 1.44. The molecule has 3 aromatic carbocycles. The fourth-order valence-corrected chi connectivity index (χ4v) is 3.92. The van der Waals surface area contributed by atoms with Gasteiger partial charge in [-0.3, -0.25) is 9.69 Å². The smallest absolute Gasteiger partial charge is 0.251 e. The number of hydrogen-bond donors (Lipinski definition) is 1. The maximum absolute atomic E-state index is 12.5. The maximum Gasteiger partial charge on any atom is 0.251 e. The number of benzene rings is 3. The summed E-state index contributed by atoms with van der Waals surface area (Å²) in [4.78, 5) is 15.0. The zero-order valence-electron chi connectivity index (χ0n) is 17.0. The predicted molar refractivity (Wildman–Crippen MR) is 119 cm³/mol. The van der Waals surface area contributed by atoms with Crippen molar-refractivity contribution in [3.63, 3.8) is 0 Å². The second-order valence-corrected chi connectivity index (χ2v) is 7.71. The third kappa shape index (κ3) is 4.76. The van der Waals surface area contributed by atoms with Gasteiger partial charge in [-0.2, -0.15) is 5.26 Å². The van der Waals surface area contributed by atoms with Crippen LogP contribution in [0, 0.1) is 11.3 Å². The molecule has 4 rings (SSSR count). The highest BCUT2D eigenvalue weighted by molar-refractivity contribution is 5.94. The van der Waals surface area contributed by atoms with Crippen molar-refractivity contribution in [2.24, 2.45) is 0 Å². The van der Waals surface area contributed by atoms with E-state index in [1.165, 1.54) is 31.5 Å². The largest absolute Gasteiger partial charge is 0.348 e. The molecule has 0 radical (unpaired) electrons. The van der Waals surface area contributed by atoms with Gasteiger partial charge < -0.3 is 5.32 Å². The number of likely N-dealkylation sites (tertiary alicyclic amines) is 1. The van der Waals surface area contributed by atoms with E-state index in [9.17, 15) is 4.79 Å². The third-order valence-electron chi connectivity index (χ3n) is 5.60. The average molecular weight is 396 g/mol. The van der Waals surface area contributed by atoms with Gasteiger partial charge >= 0.3 is 0 Å². The lowest BCUT2D eigenvalue weighted by molar-refractivity contribution is 0.0951. The van der Waals surface area contributed by atoms with Gasteiger partial charge in [0.05, 0.1) is 11.6 Å². The number of nitrogens with zero attached hydrogens (tertiary/aromatic N) is 2. The first-order valence-electron chi connectivity index (χ1n) is 10.4. The van der Waals surface area contributed by atoms with Crippen LogP contribution < -0.4 is 5.32 Å². The number of nitriles is 1. The average Bonchev–Trinajstić information content (AvgIpc) is 3.31. The van der Waals surface area contributed by atoms with Gasteiger partial charge in [-0.1, -0.05) is 48.5 Å². The molecule has 4 heteroatoms. The second kappa shape index (κ2) is 9.39. The molecule has 1 heterocycles. The van der Waals surface area contributed by atoms with Crippen molar-refractivity contribution >= 4 is 5.91 Å². The van der Waals surface area contributed by atoms with Gasteiger partial charge in [0.2, 0.25) is 0 Å². The predicted octanol–water partition coefficient (Wildman–Crippen LogP) is 4.75. The molecule has 1 N–H and O–H groups in total. The summed E-state index contributed by atoms with van der Waals surface area (Å²) in [5.41, 5.74) is 5.80. The summed E-state index contributed by atoms with van der Waals surface area (Å²) in [5, 5.41) is 11.9. The van der Waals surface area contributed by atoms with E-state index in [1.54, 1.807) is 24.3 Å². The van der Waals surface area contributed by atoms with E-state index in [4.69, 9.17) is 5.26 Å². The quantitative estimate of drug-likeness (QED) is 0.655. The zero-order valence-corrected chi connectivity index (χ0v) is 17.0. The highest BCUT2D eigenvalue weighted by Crippen LogP contribution is 2.25. The Morgan fingerprint density at radius 1 is 0.933 bits per heavy atom. The van der Waals surface area contributed by atoms with E-state index in [0.29, 0.717) is 17.7 Å². The monoisotopic (exact) mass is 395 g/mol. The number of carbonyl (C=O) groups is 1. The molecule has 3 aromatic rings. The van der Waals surface area contributed by atoms with Crippen molar-refractivity contribution in [1.29, 1.82) is 5.26 Å². The van der Waals surface area contributed by atoms with Gasteiger partial charge in [0.25, 0.3) is 5.91 Å². The normalized spacial score (nSPS) is 13.7. The fourth-order valence-electron chi connectivity index (χ4n) is 3.92. The molecule has 1 amide bonds. The summed E-state index contributed by atoms with van der Waals surface area (Å²) in [5.74, 6) is -0.143. The molecule has 1 saturated heterocycles. The lowest BCUT2D eigenvalue weighted by Crippen LogP contribution is -2.23. The van der Waals surface area contributed by atoms with Crippen LogP contribution in [0.5, 0.6) is 0 Å². The van der Waals surface area contributed by atoms with E-state index < -0.39 is 0 Å². The first-order chi connectivity index (χ1) is 14.7. The van der Waals surface area contributed by atoms with Crippen LogP contribution in [0.2, 0.25) is 0 Å². The van der Waals surface area contributed by atoms with Gasteiger partial charge in [-0.05, 0) is 72.5 Å². The summed E-state index contributed by atoms with van der Waals surface area (Å²) < 4.78 is 0. The van der Waals surface area contributed by atoms with Crippen LogP contribution in [0.4, 0.5) is 0 Å². The molecule has 0 aliphatic carbocycles. The van der Waals surface area contributed by atoms with Crippen molar-refractivity contribution in [3.8, 4) is 17.2 Å². The lowest BCUT2D eigenvalue weighted by Gasteiger charge is -2.15. The van der Waals surface area contributed by atoms with Crippen LogP contribution in [-0.2, 0) is 13.1 Å². The van der Waals surface area contributed by atoms with Crippen molar-refractivity contribution in [2.45, 2.75) is 25.9 Å². The zero-order chi connectivity index (χ0) is 20.8. The molecule has 0 aromatic heterocycles. The van der Waals surface area contributed by atoms with Gasteiger partial charge in [0, 0.05) is 18.7 Å². The Bertz CT molecular complexity index is 1040. The highest BCUT2D eigenvalue weighted by Gasteiger charge is 2.12. The van der Waals surface area contributed by atoms with E-state index in [-0.39, 0.29) is 5.91 Å². The van der Waals surface area contributed by atoms with Gasteiger partial charge in [0.1, 0.15) is 0 Å². The van der Waals surface area contributed by atoms with Gasteiger partial charge in [-0.25, -0.2) is 0 Å². The molecule has 4 nitrogen and oxygen atoms in total. The van der Waals surface area contributed by atoms with E-state index >= 15 is 0 Å². The SMILES string of the molecule is N#Cc1ccc(C(=O)NCc2ccccc2-c2ccc(CN3CCCC3)cc2)cc1. The van der Waals surface area contributed by atoms with Crippen molar-refractivity contribution in [3.05, 3.63) is 95.1 Å². The molecule has 0 bridgehead atoms. The van der Waals surface area contributed by atoms with Crippen LogP contribution >= 0.6 is 0 Å². The van der Waals surface area contributed by atoms with Crippen molar-refractivity contribution in [2.75, 3.05) is 13.1 Å². The van der Waals surface area contributed by atoms with Crippen molar-refractivity contribution < 1.29 is 4.79 Å². The molecule has 0 unspecified atom stereocenters. The standard InChI is InChI=1S/C26H25N3O/c27-17-20-7-13-23(14-8-20)26(30)28-18-24-5-1-2-6-25(24)22-11-9-21(10-12-22)19-29-15-3-4-16-29/h1-2,5-14H,3-4,15-16,18-19H2,(H,28,30). The minimum atomic E-state index is -0.143. The molecule has 150 valence electrons. The molecule has 1 fully saturated rings. The molecule has 0 atom stereocenters. The Labute approximate surface area is 177 Å². The first-order valence-corrected chi connectivity index (χ1v) is 10.4. The van der Waals surface area contributed by atoms with E-state index in [1.807, 2.05) is 18.2 Å². The van der Waals surface area contributed by atoms with Crippen LogP contribution in [0.1, 0.15) is 39.9 Å². The van der Waals surface area contributed by atoms with Crippen LogP contribution in [-0.4, -0.2) is 23.9 Å². The summed E-state index contributed by atoms with van der Waals surface area (Å²) in [7, 11) is 0. The Kier molecular flexibility index (Phi) is 6.22.